The number of carbonyl (C=O) groups is 4. The van der Waals surface area contributed by atoms with Crippen LogP contribution >= 0.6 is 90.4 Å². The standard InChI is InChI=1S/C35H19I4N3O4/c36-27-25(26-32(43)21-11-5-17(13-23(21)33(26)44)15-1-7-19(40)8-2-15)28(37)30(39)31(29(27)38)42-34(45)22-12-6-18(14-24(22)35(42)46)16-3-9-20(41)10-4-16/h1-14,26H,40-41H2. The van der Waals surface area contributed by atoms with Crippen molar-refractivity contribution < 1.29 is 19.2 Å². The molecule has 5 aromatic carbocycles. The fourth-order valence-corrected chi connectivity index (χ4v) is 10.2. The molecule has 2 amide bonds. The number of Topliss-reactive ketones (excluding diaryl/α,β-unsaturated/α-hetero) is 2. The predicted molar refractivity (Wildman–Crippen MR) is 212 cm³/mol. The number of anilines is 3. The van der Waals surface area contributed by atoms with Gasteiger partial charge in [-0.2, -0.15) is 0 Å². The first-order valence-electron chi connectivity index (χ1n) is 13.8. The first-order valence-corrected chi connectivity index (χ1v) is 18.1. The number of hydrogen-bond donors (Lipinski definition) is 2. The number of benzene rings is 5. The van der Waals surface area contributed by atoms with E-state index in [0.29, 0.717) is 59.2 Å². The second kappa shape index (κ2) is 12.0. The molecule has 1 atom stereocenters. The van der Waals surface area contributed by atoms with Crippen molar-refractivity contribution >= 4 is 131 Å². The minimum absolute atomic E-state index is 0.269. The van der Waals surface area contributed by atoms with Crippen molar-refractivity contribution in [1.29, 1.82) is 0 Å². The highest BCUT2D eigenvalue weighted by molar-refractivity contribution is 14.1. The normalized spacial score (nSPS) is 15.5. The Morgan fingerprint density at radius 1 is 0.478 bits per heavy atom. The van der Waals surface area contributed by atoms with Gasteiger partial charge >= 0.3 is 0 Å². The van der Waals surface area contributed by atoms with Crippen molar-refractivity contribution in [2.75, 3.05) is 16.4 Å². The Labute approximate surface area is 318 Å². The molecule has 2 aliphatic rings. The van der Waals surface area contributed by atoms with Gasteiger partial charge in [-0.05, 0) is 161 Å². The summed E-state index contributed by atoms with van der Waals surface area (Å²) < 4.78 is 2.53. The first-order chi connectivity index (χ1) is 22.0. The zero-order valence-corrected chi connectivity index (χ0v) is 32.0. The van der Waals surface area contributed by atoms with E-state index in [2.05, 4.69) is 90.4 Å². The highest BCUT2D eigenvalue weighted by Crippen LogP contribution is 2.47. The molecule has 4 N–H and O–H groups in total. The van der Waals surface area contributed by atoms with Gasteiger partial charge in [0, 0.05) is 29.6 Å². The maximum Gasteiger partial charge on any atom is 0.266 e. The third-order valence-electron chi connectivity index (χ3n) is 8.24. The Morgan fingerprint density at radius 3 is 1.41 bits per heavy atom. The molecule has 7 nitrogen and oxygen atoms in total. The van der Waals surface area contributed by atoms with Crippen LogP contribution in [0.5, 0.6) is 0 Å². The number of hydrogen-bond acceptors (Lipinski definition) is 6. The number of carbonyl (C=O) groups excluding carboxylic acids is 4. The minimum Gasteiger partial charge on any atom is -0.399 e. The van der Waals surface area contributed by atoms with Crippen molar-refractivity contribution in [1.82, 2.24) is 0 Å². The number of nitrogen functional groups attached to an aromatic ring is 2. The molecule has 1 unspecified atom stereocenters. The molecule has 1 aliphatic heterocycles. The third kappa shape index (κ3) is 4.99. The highest BCUT2D eigenvalue weighted by atomic mass is 127. The van der Waals surface area contributed by atoms with E-state index in [-0.39, 0.29) is 11.6 Å². The number of rotatable bonds is 4. The number of halogens is 4. The quantitative estimate of drug-likeness (QED) is 0.0612. The van der Waals surface area contributed by atoms with E-state index in [1.807, 2.05) is 36.4 Å². The van der Waals surface area contributed by atoms with Crippen LogP contribution in [0.15, 0.2) is 84.9 Å². The molecule has 1 heterocycles. The molecule has 0 saturated heterocycles. The summed E-state index contributed by atoms with van der Waals surface area (Å²) in [4.78, 5) is 56.6. The highest BCUT2D eigenvalue weighted by Gasteiger charge is 2.45. The Morgan fingerprint density at radius 2 is 0.891 bits per heavy atom. The molecule has 0 aromatic heterocycles. The summed E-state index contributed by atoms with van der Waals surface area (Å²) >= 11 is 8.47. The van der Waals surface area contributed by atoms with Crippen LogP contribution in [-0.4, -0.2) is 23.4 Å². The summed E-state index contributed by atoms with van der Waals surface area (Å²) in [6.07, 6.45) is 0. The number of fused-ring (bicyclic) bond motifs is 2. The van der Waals surface area contributed by atoms with Crippen molar-refractivity contribution in [3.63, 3.8) is 0 Å². The van der Waals surface area contributed by atoms with Crippen LogP contribution in [0.4, 0.5) is 17.1 Å². The number of nitrogens with two attached hydrogens (primary N) is 2. The van der Waals surface area contributed by atoms with Gasteiger partial charge in [-0.3, -0.25) is 19.2 Å². The predicted octanol–water partition coefficient (Wildman–Crippen LogP) is 8.57. The van der Waals surface area contributed by atoms with E-state index >= 15 is 0 Å². The second-order valence-corrected chi connectivity index (χ2v) is 15.2. The van der Waals surface area contributed by atoms with Crippen LogP contribution < -0.4 is 16.4 Å². The van der Waals surface area contributed by atoms with Gasteiger partial charge in [0.25, 0.3) is 11.8 Å². The first kappa shape index (κ1) is 31.7. The van der Waals surface area contributed by atoms with Gasteiger partial charge in [0.1, 0.15) is 5.92 Å². The fourth-order valence-electron chi connectivity index (χ4n) is 5.90. The number of ketones is 2. The summed E-state index contributed by atoms with van der Waals surface area (Å²) in [7, 11) is 0. The fraction of sp³-hybridized carbons (Fsp3) is 0.0286. The van der Waals surface area contributed by atoms with Crippen molar-refractivity contribution in [2.24, 2.45) is 0 Å². The molecule has 226 valence electrons. The SMILES string of the molecule is Nc1ccc(-c2ccc3c(c2)C(=O)C(c2c(I)c(I)c(N4C(=O)c5ccc(-c6ccc(N)cc6)cc5C4=O)c(I)c2I)C3=O)cc1. The molecule has 46 heavy (non-hydrogen) atoms. The zero-order valence-electron chi connectivity index (χ0n) is 23.4. The molecular formula is C35H19I4N3O4. The average molecular weight is 1050 g/mol. The van der Waals surface area contributed by atoms with Crippen molar-refractivity contribution in [3.05, 3.63) is 127 Å². The molecule has 11 heteroatoms. The maximum absolute atomic E-state index is 14.0. The summed E-state index contributed by atoms with van der Waals surface area (Å²) in [6.45, 7) is 0. The Kier molecular flexibility index (Phi) is 8.24. The average Bonchev–Trinajstić information content (AvgIpc) is 3.45. The molecule has 7 rings (SSSR count). The smallest absolute Gasteiger partial charge is 0.266 e. The minimum atomic E-state index is -1.03. The van der Waals surface area contributed by atoms with Crippen LogP contribution in [-0.2, 0) is 0 Å². The van der Waals surface area contributed by atoms with Crippen LogP contribution in [0.3, 0.4) is 0 Å². The van der Waals surface area contributed by atoms with E-state index in [1.165, 1.54) is 4.90 Å². The summed E-state index contributed by atoms with van der Waals surface area (Å²) in [5.41, 5.74) is 18.7. The lowest BCUT2D eigenvalue weighted by Crippen LogP contribution is -2.32. The molecule has 5 aromatic rings. The summed E-state index contributed by atoms with van der Waals surface area (Å²) in [5, 5.41) is 0. The topological polar surface area (TPSA) is 124 Å². The van der Waals surface area contributed by atoms with E-state index in [4.69, 9.17) is 11.5 Å². The monoisotopic (exact) mass is 1050 g/mol. The van der Waals surface area contributed by atoms with Crippen LogP contribution in [0.2, 0.25) is 0 Å². The van der Waals surface area contributed by atoms with Gasteiger partial charge in [-0.25, -0.2) is 4.90 Å². The second-order valence-electron chi connectivity index (χ2n) is 10.9. The van der Waals surface area contributed by atoms with Crippen molar-refractivity contribution in [2.45, 2.75) is 5.92 Å². The molecule has 0 bridgehead atoms. The molecule has 0 spiro atoms. The maximum atomic E-state index is 14.0. The molecule has 1 aliphatic carbocycles. The van der Waals surface area contributed by atoms with Crippen LogP contribution in [0, 0.1) is 14.3 Å². The van der Waals surface area contributed by atoms with Crippen molar-refractivity contribution in [3.8, 4) is 22.3 Å². The summed E-state index contributed by atoms with van der Waals surface area (Å²) in [5.74, 6) is -2.42. The lowest BCUT2D eigenvalue weighted by Gasteiger charge is -2.23. The van der Waals surface area contributed by atoms with E-state index in [9.17, 15) is 19.2 Å². The number of amides is 2. The van der Waals surface area contributed by atoms with Gasteiger partial charge in [0.15, 0.2) is 11.6 Å². The van der Waals surface area contributed by atoms with Gasteiger partial charge in [-0.15, -0.1) is 0 Å². The lowest BCUT2D eigenvalue weighted by atomic mass is 9.94. The largest absolute Gasteiger partial charge is 0.399 e. The number of nitrogens with zero attached hydrogens (tertiary/aromatic N) is 1. The van der Waals surface area contributed by atoms with E-state index in [1.54, 1.807) is 48.5 Å². The lowest BCUT2D eigenvalue weighted by molar-refractivity contribution is 0.0882. The van der Waals surface area contributed by atoms with E-state index in [0.717, 1.165) is 22.3 Å². The van der Waals surface area contributed by atoms with Gasteiger partial charge in [0.05, 0.1) is 24.0 Å². The summed E-state index contributed by atoms with van der Waals surface area (Å²) in [6, 6.07) is 25.2. The number of imide groups is 1. The van der Waals surface area contributed by atoms with Crippen LogP contribution in [0.1, 0.15) is 52.9 Å². The molecular weight excluding hydrogens is 1030 g/mol. The Hall–Kier alpha value is -2.90. The van der Waals surface area contributed by atoms with Gasteiger partial charge in [0.2, 0.25) is 0 Å². The molecule has 0 radical (unpaired) electrons. The third-order valence-corrected chi connectivity index (χ3v) is 14.6. The molecule has 0 saturated carbocycles. The Bertz CT molecular complexity index is 2010. The Balaban J connectivity index is 1.27. The van der Waals surface area contributed by atoms with Gasteiger partial charge in [-0.1, -0.05) is 42.5 Å². The van der Waals surface area contributed by atoms with E-state index < -0.39 is 17.7 Å². The molecule has 0 fully saturated rings. The van der Waals surface area contributed by atoms with Crippen LogP contribution in [0.25, 0.3) is 22.3 Å². The zero-order chi connectivity index (χ0) is 32.6. The van der Waals surface area contributed by atoms with Gasteiger partial charge < -0.3 is 11.5 Å².